The van der Waals surface area contributed by atoms with E-state index >= 15 is 0 Å². The molecule has 0 aromatic carbocycles. The fourth-order valence-corrected chi connectivity index (χ4v) is 3.36. The van der Waals surface area contributed by atoms with E-state index in [0.29, 0.717) is 27.7 Å². The van der Waals surface area contributed by atoms with Crippen molar-refractivity contribution in [2.24, 2.45) is 0 Å². The summed E-state index contributed by atoms with van der Waals surface area (Å²) in [5.74, 6) is -0.733. The molecular weight excluding hydrogens is 310 g/mol. The summed E-state index contributed by atoms with van der Waals surface area (Å²) in [5.41, 5.74) is 1.82. The van der Waals surface area contributed by atoms with E-state index in [-0.39, 0.29) is 5.91 Å². The van der Waals surface area contributed by atoms with Crippen molar-refractivity contribution in [3.63, 3.8) is 0 Å². The number of aromatic nitrogens is 2. The highest BCUT2D eigenvalue weighted by molar-refractivity contribution is 7.17. The van der Waals surface area contributed by atoms with Crippen LogP contribution >= 0.6 is 22.9 Å². The van der Waals surface area contributed by atoms with Gasteiger partial charge in [-0.2, -0.15) is 0 Å². The molecule has 2 aromatic rings. The number of aryl methyl sites for hydroxylation is 2. The summed E-state index contributed by atoms with van der Waals surface area (Å²) in [4.78, 5) is 25.7. The topological polar surface area (TPSA) is 81.2 Å². The first-order valence-electron chi connectivity index (χ1n) is 6.33. The molecule has 0 unspecified atom stereocenters. The Kier molecular flexibility index (Phi) is 4.69. The molecule has 0 spiro atoms. The number of nitrogens with one attached hydrogen (secondary N) is 1. The number of amides is 1. The number of rotatable bonds is 4. The van der Waals surface area contributed by atoms with Gasteiger partial charge >= 0.3 is 5.97 Å². The molecule has 0 radical (unpaired) electrons. The molecule has 0 bridgehead atoms. The molecular formula is C13H15N3O3S2. The van der Waals surface area contributed by atoms with Crippen molar-refractivity contribution in [1.82, 2.24) is 9.59 Å². The molecule has 2 rings (SSSR count). The number of esters is 1. The number of carbonyl (C=O) groups excluding carboxylic acids is 2. The Bertz CT molecular complexity index is 691. The van der Waals surface area contributed by atoms with Gasteiger partial charge in [-0.25, -0.2) is 4.79 Å². The third kappa shape index (κ3) is 3.11. The monoisotopic (exact) mass is 325 g/mol. The molecule has 0 fully saturated rings. The molecule has 2 aromatic heterocycles. The van der Waals surface area contributed by atoms with Crippen LogP contribution in [0.3, 0.4) is 0 Å². The van der Waals surface area contributed by atoms with E-state index < -0.39 is 5.97 Å². The molecule has 0 saturated heterocycles. The zero-order valence-electron chi connectivity index (χ0n) is 12.1. The second-order valence-electron chi connectivity index (χ2n) is 4.35. The van der Waals surface area contributed by atoms with Crippen molar-refractivity contribution in [2.75, 3.05) is 11.9 Å². The van der Waals surface area contributed by atoms with Crippen LogP contribution in [0.1, 0.15) is 43.1 Å². The molecule has 8 heteroatoms. The normalized spacial score (nSPS) is 10.5. The van der Waals surface area contributed by atoms with Crippen LogP contribution in [-0.4, -0.2) is 28.1 Å². The van der Waals surface area contributed by atoms with Gasteiger partial charge in [-0.15, -0.1) is 16.4 Å². The molecule has 0 atom stereocenters. The standard InChI is InChI=1S/C13H15N3O3S2/c1-5-19-13(18)9-6(2)8(4)20-12(9)14-11(17)10-7(3)15-16-21-10/h5H2,1-4H3,(H,14,17). The first-order chi connectivity index (χ1) is 9.95. The summed E-state index contributed by atoms with van der Waals surface area (Å²) >= 11 is 2.39. The highest BCUT2D eigenvalue weighted by atomic mass is 32.1. The number of hydrogen-bond donors (Lipinski definition) is 1. The number of anilines is 1. The van der Waals surface area contributed by atoms with Crippen LogP contribution in [0, 0.1) is 20.8 Å². The largest absolute Gasteiger partial charge is 0.462 e. The lowest BCUT2D eigenvalue weighted by molar-refractivity contribution is 0.0527. The number of nitrogens with zero attached hydrogens (tertiary/aromatic N) is 2. The minimum absolute atomic E-state index is 0.290. The molecule has 2 heterocycles. The van der Waals surface area contributed by atoms with Crippen LogP contribution in [0.25, 0.3) is 0 Å². The summed E-state index contributed by atoms with van der Waals surface area (Å²) in [6.45, 7) is 7.50. The smallest absolute Gasteiger partial charge is 0.341 e. The van der Waals surface area contributed by atoms with E-state index in [1.807, 2.05) is 13.8 Å². The summed E-state index contributed by atoms with van der Waals surface area (Å²) in [6, 6.07) is 0. The number of carbonyl (C=O) groups is 2. The summed E-state index contributed by atoms with van der Waals surface area (Å²) in [6.07, 6.45) is 0. The fourth-order valence-electron chi connectivity index (χ4n) is 1.76. The van der Waals surface area contributed by atoms with E-state index in [1.165, 1.54) is 11.3 Å². The number of ether oxygens (including phenoxy) is 1. The van der Waals surface area contributed by atoms with Crippen LogP contribution in [0.4, 0.5) is 5.00 Å². The number of hydrogen-bond acceptors (Lipinski definition) is 7. The third-order valence-electron chi connectivity index (χ3n) is 2.95. The van der Waals surface area contributed by atoms with Crippen molar-refractivity contribution in [2.45, 2.75) is 27.7 Å². The maximum atomic E-state index is 12.2. The minimum Gasteiger partial charge on any atom is -0.462 e. The van der Waals surface area contributed by atoms with Gasteiger partial charge in [0.2, 0.25) is 0 Å². The predicted octanol–water partition coefficient (Wildman–Crippen LogP) is 2.95. The lowest BCUT2D eigenvalue weighted by Gasteiger charge is -2.06. The first-order valence-corrected chi connectivity index (χ1v) is 7.92. The molecule has 6 nitrogen and oxygen atoms in total. The van der Waals surface area contributed by atoms with Crippen molar-refractivity contribution < 1.29 is 14.3 Å². The van der Waals surface area contributed by atoms with Crippen LogP contribution in [0.15, 0.2) is 0 Å². The van der Waals surface area contributed by atoms with Gasteiger partial charge in [0.25, 0.3) is 5.91 Å². The van der Waals surface area contributed by atoms with Crippen LogP contribution in [-0.2, 0) is 4.74 Å². The van der Waals surface area contributed by atoms with E-state index in [2.05, 4.69) is 14.9 Å². The Labute approximate surface area is 130 Å². The van der Waals surface area contributed by atoms with E-state index in [9.17, 15) is 9.59 Å². The van der Waals surface area contributed by atoms with Crippen molar-refractivity contribution in [1.29, 1.82) is 0 Å². The number of thiophene rings is 1. The zero-order chi connectivity index (χ0) is 15.6. The van der Waals surface area contributed by atoms with E-state index in [0.717, 1.165) is 22.0 Å². The van der Waals surface area contributed by atoms with Crippen LogP contribution in [0.5, 0.6) is 0 Å². The zero-order valence-corrected chi connectivity index (χ0v) is 13.8. The highest BCUT2D eigenvalue weighted by Crippen LogP contribution is 2.33. The molecule has 0 saturated carbocycles. The minimum atomic E-state index is -0.422. The third-order valence-corrected chi connectivity index (χ3v) is 4.90. The molecule has 21 heavy (non-hydrogen) atoms. The van der Waals surface area contributed by atoms with Gasteiger partial charge in [-0.05, 0) is 44.8 Å². The summed E-state index contributed by atoms with van der Waals surface area (Å²) in [7, 11) is 0. The first kappa shape index (κ1) is 15.6. The highest BCUT2D eigenvalue weighted by Gasteiger charge is 2.23. The molecule has 0 aliphatic carbocycles. The van der Waals surface area contributed by atoms with Gasteiger partial charge in [0.05, 0.1) is 17.9 Å². The van der Waals surface area contributed by atoms with Gasteiger partial charge in [0.15, 0.2) is 0 Å². The van der Waals surface area contributed by atoms with Gasteiger partial charge in [0, 0.05) is 4.88 Å². The summed E-state index contributed by atoms with van der Waals surface area (Å²) < 4.78 is 8.79. The van der Waals surface area contributed by atoms with Crippen LogP contribution < -0.4 is 5.32 Å². The van der Waals surface area contributed by atoms with Gasteiger partial charge in [-0.1, -0.05) is 4.49 Å². The van der Waals surface area contributed by atoms with Gasteiger partial charge < -0.3 is 10.1 Å². The van der Waals surface area contributed by atoms with E-state index in [4.69, 9.17) is 4.74 Å². The Morgan fingerprint density at radius 3 is 2.57 bits per heavy atom. The van der Waals surface area contributed by atoms with E-state index in [1.54, 1.807) is 13.8 Å². The second-order valence-corrected chi connectivity index (χ2v) is 6.33. The SMILES string of the molecule is CCOC(=O)c1c(NC(=O)c2snnc2C)sc(C)c1C. The Hall–Kier alpha value is -1.80. The Morgan fingerprint density at radius 1 is 1.29 bits per heavy atom. The van der Waals surface area contributed by atoms with Gasteiger partial charge in [-0.3, -0.25) is 4.79 Å². The van der Waals surface area contributed by atoms with Crippen LogP contribution in [0.2, 0.25) is 0 Å². The Balaban J connectivity index is 2.32. The van der Waals surface area contributed by atoms with Crippen molar-refractivity contribution >= 4 is 39.7 Å². The fraction of sp³-hybridized carbons (Fsp3) is 0.385. The maximum Gasteiger partial charge on any atom is 0.341 e. The molecule has 1 amide bonds. The second kappa shape index (κ2) is 6.31. The maximum absolute atomic E-state index is 12.2. The molecule has 1 N–H and O–H groups in total. The Morgan fingerprint density at radius 2 is 2.00 bits per heavy atom. The average Bonchev–Trinajstić information content (AvgIpc) is 2.95. The quantitative estimate of drug-likeness (QED) is 0.874. The average molecular weight is 325 g/mol. The predicted molar refractivity (Wildman–Crippen MR) is 82.3 cm³/mol. The van der Waals surface area contributed by atoms with Crippen molar-refractivity contribution in [3.8, 4) is 0 Å². The molecule has 0 aliphatic heterocycles. The van der Waals surface area contributed by atoms with Gasteiger partial charge in [0.1, 0.15) is 9.88 Å². The summed E-state index contributed by atoms with van der Waals surface area (Å²) in [5, 5.41) is 7.07. The lowest BCUT2D eigenvalue weighted by Crippen LogP contribution is -2.14. The lowest BCUT2D eigenvalue weighted by atomic mass is 10.1. The molecule has 0 aliphatic rings. The van der Waals surface area contributed by atoms with Crippen molar-refractivity contribution in [3.05, 3.63) is 26.6 Å². The molecule has 112 valence electrons.